The quantitative estimate of drug-likeness (QED) is 0.162. The minimum absolute atomic E-state index is 0. The summed E-state index contributed by atoms with van der Waals surface area (Å²) in [6, 6.07) is 2.61. The number of guanidine groups is 1. The van der Waals surface area contributed by atoms with Crippen molar-refractivity contribution in [2.45, 2.75) is 32.0 Å². The molecule has 0 radical (unpaired) electrons. The van der Waals surface area contributed by atoms with Crippen molar-refractivity contribution in [2.75, 3.05) is 33.2 Å². The summed E-state index contributed by atoms with van der Waals surface area (Å²) >= 11 is 0. The topological polar surface area (TPSA) is 82.8 Å². The van der Waals surface area contributed by atoms with E-state index >= 15 is 0 Å². The lowest BCUT2D eigenvalue weighted by atomic mass is 9.97. The zero-order valence-electron chi connectivity index (χ0n) is 16.8. The third kappa shape index (κ3) is 8.25. The van der Waals surface area contributed by atoms with E-state index in [-0.39, 0.29) is 47.9 Å². The maximum Gasteiger partial charge on any atom is 0.416 e. The zero-order valence-corrected chi connectivity index (χ0v) is 19.1. The number of piperidine rings is 1. The average molecular weight is 545 g/mol. The first kappa shape index (κ1) is 26.4. The standard InChI is InChI=1S/C19H27F4N5O.HI/c1-25-18(26-7-3-9-28-8-2-4-14(12-28)17(24)29)27-11-13-5-6-15(20)10-16(13)19(21,22)23;/h5-6,10,14H,2-4,7-9,11-12H2,1H3,(H2,24,29)(H2,25,26,27);1H. The van der Waals surface area contributed by atoms with Crippen molar-refractivity contribution in [2.24, 2.45) is 16.6 Å². The number of carbonyl (C=O) groups is 1. The highest BCUT2D eigenvalue weighted by Gasteiger charge is 2.33. The van der Waals surface area contributed by atoms with Gasteiger partial charge in [-0.05, 0) is 50.0 Å². The molecule has 6 nitrogen and oxygen atoms in total. The molecule has 1 saturated heterocycles. The van der Waals surface area contributed by atoms with Crippen molar-refractivity contribution < 1.29 is 22.4 Å². The Hall–Kier alpha value is -1.63. The molecule has 1 aliphatic heterocycles. The second-order valence-corrected chi connectivity index (χ2v) is 7.05. The van der Waals surface area contributed by atoms with E-state index in [1.165, 1.54) is 7.05 Å². The zero-order chi connectivity index (χ0) is 21.4. The number of nitrogens with zero attached hydrogens (tertiary/aromatic N) is 2. The fourth-order valence-electron chi connectivity index (χ4n) is 3.37. The number of primary amides is 1. The lowest BCUT2D eigenvalue weighted by molar-refractivity contribution is -0.138. The maximum absolute atomic E-state index is 13.2. The van der Waals surface area contributed by atoms with Crippen molar-refractivity contribution >= 4 is 35.8 Å². The van der Waals surface area contributed by atoms with E-state index in [0.29, 0.717) is 25.1 Å². The van der Waals surface area contributed by atoms with Gasteiger partial charge in [0.2, 0.25) is 5.91 Å². The Labute approximate surface area is 190 Å². The van der Waals surface area contributed by atoms with Gasteiger partial charge in [-0.1, -0.05) is 6.07 Å². The molecule has 1 unspecified atom stereocenters. The molecule has 1 fully saturated rings. The molecule has 2 rings (SSSR count). The minimum atomic E-state index is -4.63. The van der Waals surface area contributed by atoms with Gasteiger partial charge in [0, 0.05) is 26.7 Å². The molecule has 0 spiro atoms. The Morgan fingerprint density at radius 3 is 2.70 bits per heavy atom. The number of nitrogens with one attached hydrogen (secondary N) is 2. The third-order valence-electron chi connectivity index (χ3n) is 4.90. The van der Waals surface area contributed by atoms with Gasteiger partial charge in [0.25, 0.3) is 0 Å². The molecule has 1 aromatic rings. The number of likely N-dealkylation sites (tertiary alicyclic amines) is 1. The summed E-state index contributed by atoms with van der Waals surface area (Å²) in [5.74, 6) is -0.947. The number of nitrogens with two attached hydrogens (primary N) is 1. The van der Waals surface area contributed by atoms with E-state index in [4.69, 9.17) is 5.73 Å². The fraction of sp³-hybridized carbons (Fsp3) is 0.579. The van der Waals surface area contributed by atoms with E-state index in [9.17, 15) is 22.4 Å². The summed E-state index contributed by atoms with van der Waals surface area (Å²) in [5, 5.41) is 5.87. The molecular weight excluding hydrogens is 517 g/mol. The Morgan fingerprint density at radius 1 is 1.33 bits per heavy atom. The van der Waals surface area contributed by atoms with E-state index < -0.39 is 17.6 Å². The van der Waals surface area contributed by atoms with Gasteiger partial charge in [-0.3, -0.25) is 9.79 Å². The Morgan fingerprint density at radius 2 is 2.07 bits per heavy atom. The Bertz CT molecular complexity index is 729. The van der Waals surface area contributed by atoms with Crippen molar-refractivity contribution in [1.29, 1.82) is 0 Å². The van der Waals surface area contributed by atoms with E-state index in [1.807, 2.05) is 0 Å². The number of rotatable bonds is 7. The van der Waals surface area contributed by atoms with Crippen LogP contribution in [0.1, 0.15) is 30.4 Å². The van der Waals surface area contributed by atoms with Gasteiger partial charge in [-0.15, -0.1) is 24.0 Å². The average Bonchev–Trinajstić information content (AvgIpc) is 2.67. The molecule has 0 bridgehead atoms. The van der Waals surface area contributed by atoms with Crippen molar-refractivity contribution in [1.82, 2.24) is 15.5 Å². The van der Waals surface area contributed by atoms with Gasteiger partial charge in [-0.25, -0.2) is 4.39 Å². The predicted molar refractivity (Wildman–Crippen MR) is 118 cm³/mol. The summed E-state index contributed by atoms with van der Waals surface area (Å²) in [7, 11) is 1.52. The summed E-state index contributed by atoms with van der Waals surface area (Å²) in [6.07, 6.45) is -2.10. The summed E-state index contributed by atoms with van der Waals surface area (Å²) in [6.45, 7) is 2.78. The van der Waals surface area contributed by atoms with Crippen LogP contribution >= 0.6 is 24.0 Å². The fourth-order valence-corrected chi connectivity index (χ4v) is 3.37. The van der Waals surface area contributed by atoms with Crippen LogP contribution in [0.2, 0.25) is 0 Å². The second kappa shape index (κ2) is 12.3. The van der Waals surface area contributed by atoms with Crippen LogP contribution in [-0.4, -0.2) is 50.0 Å². The minimum Gasteiger partial charge on any atom is -0.369 e. The first-order valence-corrected chi connectivity index (χ1v) is 9.52. The highest BCUT2D eigenvalue weighted by atomic mass is 127. The van der Waals surface area contributed by atoms with Crippen molar-refractivity contribution in [3.8, 4) is 0 Å². The third-order valence-corrected chi connectivity index (χ3v) is 4.90. The molecular formula is C19H28F4IN5O. The number of aliphatic imine (C=N–C) groups is 1. The van der Waals surface area contributed by atoms with Crippen LogP contribution < -0.4 is 16.4 Å². The molecule has 0 aliphatic carbocycles. The summed E-state index contributed by atoms with van der Waals surface area (Å²) in [4.78, 5) is 17.5. The molecule has 1 heterocycles. The van der Waals surface area contributed by atoms with Crippen LogP contribution in [0.4, 0.5) is 17.6 Å². The van der Waals surface area contributed by atoms with Gasteiger partial charge < -0.3 is 21.3 Å². The van der Waals surface area contributed by atoms with Crippen LogP contribution in [0.15, 0.2) is 23.2 Å². The van der Waals surface area contributed by atoms with Crippen LogP contribution in [-0.2, 0) is 17.5 Å². The number of hydrogen-bond acceptors (Lipinski definition) is 3. The first-order valence-electron chi connectivity index (χ1n) is 9.52. The summed E-state index contributed by atoms with van der Waals surface area (Å²) in [5.41, 5.74) is 4.31. The normalized spacial score (nSPS) is 17.9. The molecule has 170 valence electrons. The monoisotopic (exact) mass is 545 g/mol. The summed E-state index contributed by atoms with van der Waals surface area (Å²) < 4.78 is 52.4. The van der Waals surface area contributed by atoms with Gasteiger partial charge in [0.05, 0.1) is 11.5 Å². The largest absolute Gasteiger partial charge is 0.416 e. The molecule has 30 heavy (non-hydrogen) atoms. The molecule has 4 N–H and O–H groups in total. The van der Waals surface area contributed by atoms with Crippen LogP contribution in [0.25, 0.3) is 0 Å². The molecule has 0 aromatic heterocycles. The highest BCUT2D eigenvalue weighted by Crippen LogP contribution is 2.32. The van der Waals surface area contributed by atoms with Gasteiger partial charge in [-0.2, -0.15) is 13.2 Å². The number of alkyl halides is 3. The van der Waals surface area contributed by atoms with Crippen molar-refractivity contribution in [3.05, 3.63) is 35.1 Å². The van der Waals surface area contributed by atoms with Gasteiger partial charge >= 0.3 is 6.18 Å². The Kier molecular flexibility index (Phi) is 10.8. The highest BCUT2D eigenvalue weighted by molar-refractivity contribution is 14.0. The molecule has 0 saturated carbocycles. The predicted octanol–water partition coefficient (Wildman–Crippen LogP) is 2.71. The maximum atomic E-state index is 13.2. The number of halogens is 5. The van der Waals surface area contributed by atoms with Crippen molar-refractivity contribution in [3.63, 3.8) is 0 Å². The Balaban J connectivity index is 0.00000450. The van der Waals surface area contributed by atoms with E-state index in [1.54, 1.807) is 0 Å². The number of hydrogen-bond donors (Lipinski definition) is 3. The smallest absolute Gasteiger partial charge is 0.369 e. The molecule has 11 heteroatoms. The van der Waals surface area contributed by atoms with Crippen LogP contribution in [0.3, 0.4) is 0 Å². The molecule has 1 aliphatic rings. The van der Waals surface area contributed by atoms with Crippen LogP contribution in [0, 0.1) is 11.7 Å². The molecule has 1 aromatic carbocycles. The van der Waals surface area contributed by atoms with Gasteiger partial charge in [0.1, 0.15) is 5.82 Å². The van der Waals surface area contributed by atoms with E-state index in [0.717, 1.165) is 44.5 Å². The number of carbonyl (C=O) groups excluding carboxylic acids is 1. The first-order chi connectivity index (χ1) is 13.7. The second-order valence-electron chi connectivity index (χ2n) is 7.05. The molecule has 1 atom stereocenters. The van der Waals surface area contributed by atoms with Crippen LogP contribution in [0.5, 0.6) is 0 Å². The van der Waals surface area contributed by atoms with E-state index in [2.05, 4.69) is 20.5 Å². The SMILES string of the molecule is CN=C(NCCCN1CCCC(C(N)=O)C1)NCc1ccc(F)cc1C(F)(F)F.I. The van der Waals surface area contributed by atoms with Gasteiger partial charge in [0.15, 0.2) is 5.96 Å². The number of amides is 1. The number of benzene rings is 1. The lowest BCUT2D eigenvalue weighted by Gasteiger charge is -2.31. The molecule has 1 amide bonds. The lowest BCUT2D eigenvalue weighted by Crippen LogP contribution is -2.43.